The number of carbonyl (C=O) groups is 1. The summed E-state index contributed by atoms with van der Waals surface area (Å²) in [6.45, 7) is 3.19. The number of urea groups is 1. The maximum absolute atomic E-state index is 11.5. The average Bonchev–Trinajstić information content (AvgIpc) is 2.54. The molecule has 0 bridgehead atoms. The summed E-state index contributed by atoms with van der Waals surface area (Å²) in [6.07, 6.45) is 0. The second-order valence-electron chi connectivity index (χ2n) is 4.48. The van der Waals surface area contributed by atoms with Crippen molar-refractivity contribution in [1.82, 2.24) is 10.2 Å². The molecule has 3 N–H and O–H groups in total. The molecule has 0 aliphatic carbocycles. The van der Waals surface area contributed by atoms with Gasteiger partial charge in [0.05, 0.1) is 5.54 Å². The van der Waals surface area contributed by atoms with Crippen LogP contribution in [-0.2, 0) is 12.1 Å². The molecule has 1 atom stereocenters. The summed E-state index contributed by atoms with van der Waals surface area (Å²) in [6, 6.07) is 7.95. The minimum atomic E-state index is -0.332. The van der Waals surface area contributed by atoms with Gasteiger partial charge in [-0.15, -0.1) is 0 Å². The Hall–Kier alpha value is -1.55. The van der Waals surface area contributed by atoms with Gasteiger partial charge in [0.15, 0.2) is 0 Å². The van der Waals surface area contributed by atoms with Crippen LogP contribution in [0.2, 0.25) is 0 Å². The Bertz CT molecular complexity index is 418. The monoisotopic (exact) mass is 219 g/mol. The van der Waals surface area contributed by atoms with Gasteiger partial charge in [-0.05, 0) is 18.1 Å². The lowest BCUT2D eigenvalue weighted by atomic mass is 9.89. The van der Waals surface area contributed by atoms with Crippen molar-refractivity contribution >= 4 is 6.03 Å². The van der Waals surface area contributed by atoms with Gasteiger partial charge in [0, 0.05) is 20.1 Å². The van der Waals surface area contributed by atoms with Crippen molar-refractivity contribution in [3.63, 3.8) is 0 Å². The lowest BCUT2D eigenvalue weighted by Gasteiger charge is -2.26. The molecule has 1 aromatic rings. The van der Waals surface area contributed by atoms with Crippen LogP contribution in [0, 0.1) is 0 Å². The lowest BCUT2D eigenvalue weighted by molar-refractivity contribution is 0.226. The van der Waals surface area contributed by atoms with Gasteiger partial charge in [0.2, 0.25) is 0 Å². The van der Waals surface area contributed by atoms with Crippen LogP contribution in [0.3, 0.4) is 0 Å². The van der Waals surface area contributed by atoms with Gasteiger partial charge in [-0.1, -0.05) is 24.3 Å². The van der Waals surface area contributed by atoms with Crippen LogP contribution in [0.25, 0.3) is 0 Å². The van der Waals surface area contributed by atoms with E-state index < -0.39 is 0 Å². The second-order valence-corrected chi connectivity index (χ2v) is 4.48. The number of rotatable bonds is 2. The van der Waals surface area contributed by atoms with E-state index in [9.17, 15) is 4.79 Å². The summed E-state index contributed by atoms with van der Waals surface area (Å²) in [5.41, 5.74) is 7.58. The van der Waals surface area contributed by atoms with Crippen molar-refractivity contribution in [2.24, 2.45) is 5.73 Å². The molecule has 1 aliphatic rings. The van der Waals surface area contributed by atoms with Crippen molar-refractivity contribution in [3.05, 3.63) is 35.4 Å². The molecule has 1 heterocycles. The van der Waals surface area contributed by atoms with Gasteiger partial charge in [0.25, 0.3) is 0 Å². The lowest BCUT2D eigenvalue weighted by Crippen LogP contribution is -2.38. The van der Waals surface area contributed by atoms with Crippen LogP contribution < -0.4 is 11.1 Å². The highest BCUT2D eigenvalue weighted by atomic mass is 16.2. The number of amides is 2. The zero-order valence-electron chi connectivity index (χ0n) is 9.66. The number of carbonyl (C=O) groups excluding carboxylic acids is 1. The molecule has 1 aliphatic heterocycles. The molecule has 1 unspecified atom stereocenters. The Kier molecular flexibility index (Phi) is 2.59. The maximum atomic E-state index is 11.5. The number of likely N-dealkylation sites (N-methyl/N-ethyl adjacent to an activating group) is 1. The first-order valence-electron chi connectivity index (χ1n) is 5.38. The van der Waals surface area contributed by atoms with Crippen LogP contribution in [-0.4, -0.2) is 24.5 Å². The van der Waals surface area contributed by atoms with Crippen molar-refractivity contribution < 1.29 is 4.79 Å². The highest BCUT2D eigenvalue weighted by Crippen LogP contribution is 2.28. The minimum absolute atomic E-state index is 0.0330. The third kappa shape index (κ3) is 1.65. The first kappa shape index (κ1) is 11.0. The molecule has 1 fully saturated rings. The van der Waals surface area contributed by atoms with E-state index in [1.54, 1.807) is 11.9 Å². The average molecular weight is 219 g/mol. The second kappa shape index (κ2) is 3.79. The van der Waals surface area contributed by atoms with E-state index in [2.05, 4.69) is 5.32 Å². The summed E-state index contributed by atoms with van der Waals surface area (Å²) in [7, 11) is 1.80. The highest BCUT2D eigenvalue weighted by molar-refractivity contribution is 5.78. The third-order valence-electron chi connectivity index (χ3n) is 3.11. The van der Waals surface area contributed by atoms with Gasteiger partial charge in [-0.2, -0.15) is 0 Å². The Morgan fingerprint density at radius 2 is 2.19 bits per heavy atom. The zero-order valence-corrected chi connectivity index (χ0v) is 9.66. The van der Waals surface area contributed by atoms with Crippen LogP contribution in [0.4, 0.5) is 4.79 Å². The molecule has 4 heteroatoms. The molecule has 1 aromatic carbocycles. The van der Waals surface area contributed by atoms with Crippen LogP contribution in [0.5, 0.6) is 0 Å². The largest absolute Gasteiger partial charge is 0.327 e. The molecular formula is C12H17N3O. The quantitative estimate of drug-likeness (QED) is 0.780. The molecular weight excluding hydrogens is 202 g/mol. The van der Waals surface area contributed by atoms with Crippen LogP contribution >= 0.6 is 0 Å². The predicted molar refractivity (Wildman–Crippen MR) is 62.8 cm³/mol. The molecule has 4 nitrogen and oxygen atoms in total. The van der Waals surface area contributed by atoms with Gasteiger partial charge in [-0.25, -0.2) is 4.79 Å². The third-order valence-corrected chi connectivity index (χ3v) is 3.11. The topological polar surface area (TPSA) is 58.4 Å². The Morgan fingerprint density at radius 1 is 1.50 bits per heavy atom. The summed E-state index contributed by atoms with van der Waals surface area (Å²) in [5.74, 6) is 0. The van der Waals surface area contributed by atoms with Gasteiger partial charge < -0.3 is 16.0 Å². The molecule has 0 aromatic heterocycles. The van der Waals surface area contributed by atoms with Crippen molar-refractivity contribution in [2.75, 3.05) is 13.6 Å². The maximum Gasteiger partial charge on any atom is 0.317 e. The van der Waals surface area contributed by atoms with Crippen molar-refractivity contribution in [1.29, 1.82) is 0 Å². The predicted octanol–water partition coefficient (Wildman–Crippen LogP) is 1.02. The molecule has 0 radical (unpaired) electrons. The zero-order chi connectivity index (χ0) is 11.8. The van der Waals surface area contributed by atoms with E-state index in [0.29, 0.717) is 13.1 Å². The molecule has 2 amide bonds. The Balaban J connectivity index is 2.40. The first-order valence-corrected chi connectivity index (χ1v) is 5.38. The molecule has 2 rings (SSSR count). The van der Waals surface area contributed by atoms with Gasteiger partial charge >= 0.3 is 6.03 Å². The Labute approximate surface area is 95.4 Å². The summed E-state index contributed by atoms with van der Waals surface area (Å²) in [5, 5.41) is 3.00. The van der Waals surface area contributed by atoms with E-state index in [-0.39, 0.29) is 11.6 Å². The van der Waals surface area contributed by atoms with E-state index in [4.69, 9.17) is 5.73 Å². The Morgan fingerprint density at radius 3 is 2.75 bits per heavy atom. The number of nitrogens with zero attached hydrogens (tertiary/aromatic N) is 1. The van der Waals surface area contributed by atoms with Crippen LogP contribution in [0.1, 0.15) is 18.1 Å². The molecule has 1 saturated heterocycles. The van der Waals surface area contributed by atoms with Crippen molar-refractivity contribution in [3.8, 4) is 0 Å². The molecule has 86 valence electrons. The first-order chi connectivity index (χ1) is 7.57. The van der Waals surface area contributed by atoms with Gasteiger partial charge in [0.1, 0.15) is 0 Å². The van der Waals surface area contributed by atoms with E-state index in [0.717, 1.165) is 11.1 Å². The fourth-order valence-corrected chi connectivity index (χ4v) is 2.31. The highest BCUT2D eigenvalue weighted by Gasteiger charge is 2.39. The number of nitrogens with one attached hydrogen (secondary N) is 1. The number of hydrogen-bond donors (Lipinski definition) is 2. The summed E-state index contributed by atoms with van der Waals surface area (Å²) < 4.78 is 0. The fraction of sp³-hybridized carbons (Fsp3) is 0.417. The van der Waals surface area contributed by atoms with E-state index in [1.807, 2.05) is 31.2 Å². The van der Waals surface area contributed by atoms with E-state index in [1.165, 1.54) is 0 Å². The smallest absolute Gasteiger partial charge is 0.317 e. The standard InChI is InChI=1S/C12H17N3O/c1-12(8-15(2)11(16)14-12)10-6-4-3-5-9(10)7-13/h3-6H,7-8,13H2,1-2H3,(H,14,16). The van der Waals surface area contributed by atoms with Gasteiger partial charge in [-0.3, -0.25) is 0 Å². The minimum Gasteiger partial charge on any atom is -0.327 e. The van der Waals surface area contributed by atoms with E-state index >= 15 is 0 Å². The molecule has 0 spiro atoms. The van der Waals surface area contributed by atoms with Crippen molar-refractivity contribution in [2.45, 2.75) is 19.0 Å². The molecule has 0 saturated carbocycles. The number of nitrogens with two attached hydrogens (primary N) is 1. The molecule has 16 heavy (non-hydrogen) atoms. The summed E-state index contributed by atoms with van der Waals surface area (Å²) in [4.78, 5) is 13.2. The SMILES string of the molecule is CN1CC(C)(c2ccccc2CN)NC1=O. The summed E-state index contributed by atoms with van der Waals surface area (Å²) >= 11 is 0. The number of hydrogen-bond acceptors (Lipinski definition) is 2. The van der Waals surface area contributed by atoms with Crippen LogP contribution in [0.15, 0.2) is 24.3 Å². The number of benzene rings is 1. The normalized spacial score (nSPS) is 24.7. The fourth-order valence-electron chi connectivity index (χ4n) is 2.31.